The molecule has 1 fully saturated rings. The molecule has 1 aromatic heterocycles. The minimum absolute atomic E-state index is 0.171. The molecular formula is C9H12N2O3. The summed E-state index contributed by atoms with van der Waals surface area (Å²) in [6, 6.07) is 3.72. The fourth-order valence-electron chi connectivity index (χ4n) is 1.46. The van der Waals surface area contributed by atoms with Gasteiger partial charge < -0.3 is 9.47 Å². The number of hydrogen-bond donors (Lipinski definition) is 0. The molecule has 0 spiro atoms. The second-order valence-corrected chi connectivity index (χ2v) is 3.11. The third-order valence-electron chi connectivity index (χ3n) is 2.07. The van der Waals surface area contributed by atoms with Gasteiger partial charge in [0.2, 0.25) is 0 Å². The highest BCUT2D eigenvalue weighted by molar-refractivity contribution is 5.80. The highest BCUT2D eigenvalue weighted by Gasteiger charge is 2.31. The van der Waals surface area contributed by atoms with Crippen LogP contribution in [-0.4, -0.2) is 37.1 Å². The Labute approximate surface area is 81.8 Å². The van der Waals surface area contributed by atoms with Crippen LogP contribution in [0.5, 0.6) is 0 Å². The van der Waals surface area contributed by atoms with Crippen LogP contribution in [0.25, 0.3) is 0 Å². The van der Waals surface area contributed by atoms with Crippen LogP contribution < -0.4 is 5.01 Å². The van der Waals surface area contributed by atoms with Gasteiger partial charge in [0.15, 0.2) is 0 Å². The van der Waals surface area contributed by atoms with Crippen molar-refractivity contribution in [3.8, 4) is 0 Å². The van der Waals surface area contributed by atoms with Gasteiger partial charge in [-0.2, -0.15) is 0 Å². The third kappa shape index (κ3) is 1.58. The van der Waals surface area contributed by atoms with Crippen LogP contribution in [0.3, 0.4) is 0 Å². The van der Waals surface area contributed by atoms with E-state index in [4.69, 9.17) is 9.47 Å². The molecule has 1 aliphatic rings. The molecule has 5 heteroatoms. The third-order valence-corrected chi connectivity index (χ3v) is 2.07. The topological polar surface area (TPSA) is 43.7 Å². The first-order valence-electron chi connectivity index (χ1n) is 4.41. The van der Waals surface area contributed by atoms with Crippen molar-refractivity contribution in [3.05, 3.63) is 24.5 Å². The minimum Gasteiger partial charge on any atom is -0.440 e. The van der Waals surface area contributed by atoms with Gasteiger partial charge in [-0.05, 0) is 12.1 Å². The van der Waals surface area contributed by atoms with E-state index in [2.05, 4.69) is 0 Å². The molecule has 0 N–H and O–H groups in total. The molecule has 0 radical (unpaired) electrons. The Balaban J connectivity index is 2.05. The number of carbonyl (C=O) groups is 1. The minimum atomic E-state index is -0.330. The predicted molar refractivity (Wildman–Crippen MR) is 49.7 cm³/mol. The molecule has 5 nitrogen and oxygen atoms in total. The van der Waals surface area contributed by atoms with Crippen LogP contribution in [-0.2, 0) is 9.47 Å². The summed E-state index contributed by atoms with van der Waals surface area (Å²) in [6.07, 6.45) is 3.10. The summed E-state index contributed by atoms with van der Waals surface area (Å²) in [7, 11) is 1.59. The maximum absolute atomic E-state index is 11.4. The molecule has 1 aromatic rings. The molecule has 1 aliphatic heterocycles. The van der Waals surface area contributed by atoms with E-state index in [0.29, 0.717) is 13.2 Å². The number of cyclic esters (lactones) is 1. The van der Waals surface area contributed by atoms with Crippen LogP contribution >= 0.6 is 0 Å². The smallest absolute Gasteiger partial charge is 0.429 e. The lowest BCUT2D eigenvalue weighted by atomic mass is 10.4. The van der Waals surface area contributed by atoms with E-state index in [1.165, 1.54) is 5.01 Å². The lowest BCUT2D eigenvalue weighted by Gasteiger charge is -2.13. The highest BCUT2D eigenvalue weighted by atomic mass is 16.6. The molecule has 2 rings (SSSR count). The zero-order valence-corrected chi connectivity index (χ0v) is 7.92. The van der Waals surface area contributed by atoms with E-state index in [-0.39, 0.29) is 12.2 Å². The number of carbonyl (C=O) groups excluding carboxylic acids is 1. The molecule has 0 bridgehead atoms. The Bertz CT molecular complexity index is 310. The van der Waals surface area contributed by atoms with Crippen LogP contribution in [0.4, 0.5) is 4.79 Å². The summed E-state index contributed by atoms with van der Waals surface area (Å²) >= 11 is 0. The molecule has 0 saturated carbocycles. The molecule has 1 amide bonds. The maximum Gasteiger partial charge on any atom is 0.429 e. The standard InChI is InChI=1S/C9H12N2O3/c1-13-7-8-6-11(9(12)14-8)10-4-2-3-5-10/h2-5,8H,6-7H2,1H3/t8-/m0/s1. The average molecular weight is 196 g/mol. The van der Waals surface area contributed by atoms with E-state index >= 15 is 0 Å². The first-order chi connectivity index (χ1) is 6.81. The van der Waals surface area contributed by atoms with E-state index in [1.54, 1.807) is 24.2 Å². The number of rotatable bonds is 3. The molecule has 1 saturated heterocycles. The molecule has 14 heavy (non-hydrogen) atoms. The lowest BCUT2D eigenvalue weighted by molar-refractivity contribution is 0.0717. The zero-order chi connectivity index (χ0) is 9.97. The molecular weight excluding hydrogens is 184 g/mol. The Morgan fingerprint density at radius 1 is 1.57 bits per heavy atom. The SMILES string of the molecule is COC[C@@H]1CN(n2cccc2)C(=O)O1. The van der Waals surface area contributed by atoms with E-state index < -0.39 is 0 Å². The fraction of sp³-hybridized carbons (Fsp3) is 0.444. The van der Waals surface area contributed by atoms with Gasteiger partial charge in [-0.1, -0.05) is 0 Å². The average Bonchev–Trinajstić information content (AvgIpc) is 2.74. The highest BCUT2D eigenvalue weighted by Crippen LogP contribution is 2.10. The van der Waals surface area contributed by atoms with Gasteiger partial charge in [-0.25, -0.2) is 9.80 Å². The largest absolute Gasteiger partial charge is 0.440 e. The second-order valence-electron chi connectivity index (χ2n) is 3.11. The second kappa shape index (κ2) is 3.71. The van der Waals surface area contributed by atoms with Crippen molar-refractivity contribution in [2.75, 3.05) is 25.3 Å². The van der Waals surface area contributed by atoms with Crippen molar-refractivity contribution in [2.24, 2.45) is 0 Å². The fourth-order valence-corrected chi connectivity index (χ4v) is 1.46. The van der Waals surface area contributed by atoms with Crippen molar-refractivity contribution in [1.29, 1.82) is 0 Å². The summed E-state index contributed by atoms with van der Waals surface area (Å²) in [6.45, 7) is 0.963. The molecule has 1 atom stereocenters. The van der Waals surface area contributed by atoms with Gasteiger partial charge >= 0.3 is 6.09 Å². The summed E-state index contributed by atoms with van der Waals surface area (Å²) in [5.74, 6) is 0. The van der Waals surface area contributed by atoms with Gasteiger partial charge in [0.25, 0.3) is 0 Å². The molecule has 2 heterocycles. The number of aromatic nitrogens is 1. The molecule has 76 valence electrons. The molecule has 0 unspecified atom stereocenters. The molecule has 0 aromatic carbocycles. The van der Waals surface area contributed by atoms with Gasteiger partial charge in [0.05, 0.1) is 13.2 Å². The normalized spacial score (nSPS) is 21.4. The lowest BCUT2D eigenvalue weighted by Crippen LogP contribution is -2.35. The Morgan fingerprint density at radius 2 is 2.29 bits per heavy atom. The van der Waals surface area contributed by atoms with Gasteiger partial charge in [0.1, 0.15) is 6.10 Å². The number of ether oxygens (including phenoxy) is 2. The van der Waals surface area contributed by atoms with Crippen molar-refractivity contribution >= 4 is 6.09 Å². The summed E-state index contributed by atoms with van der Waals surface area (Å²) in [5.41, 5.74) is 0. The number of amides is 1. The van der Waals surface area contributed by atoms with Gasteiger partial charge in [0, 0.05) is 19.5 Å². The van der Waals surface area contributed by atoms with Crippen LogP contribution in [0.15, 0.2) is 24.5 Å². The van der Waals surface area contributed by atoms with Gasteiger partial charge in [-0.3, -0.25) is 4.68 Å². The number of hydrogen-bond acceptors (Lipinski definition) is 3. The number of nitrogens with zero attached hydrogens (tertiary/aromatic N) is 2. The van der Waals surface area contributed by atoms with Crippen molar-refractivity contribution in [3.63, 3.8) is 0 Å². The van der Waals surface area contributed by atoms with Gasteiger partial charge in [-0.15, -0.1) is 0 Å². The Kier molecular flexibility index (Phi) is 2.41. The summed E-state index contributed by atoms with van der Waals surface area (Å²) in [4.78, 5) is 11.4. The zero-order valence-electron chi connectivity index (χ0n) is 7.92. The van der Waals surface area contributed by atoms with E-state index in [1.807, 2.05) is 12.1 Å². The van der Waals surface area contributed by atoms with Crippen LogP contribution in [0, 0.1) is 0 Å². The number of methoxy groups -OCH3 is 1. The van der Waals surface area contributed by atoms with E-state index in [9.17, 15) is 4.79 Å². The maximum atomic E-state index is 11.4. The Hall–Kier alpha value is -1.49. The van der Waals surface area contributed by atoms with Crippen molar-refractivity contribution in [2.45, 2.75) is 6.10 Å². The summed E-state index contributed by atoms with van der Waals surface area (Å²) in [5, 5.41) is 1.53. The first-order valence-corrected chi connectivity index (χ1v) is 4.41. The summed E-state index contributed by atoms with van der Waals surface area (Å²) < 4.78 is 11.7. The molecule has 0 aliphatic carbocycles. The van der Waals surface area contributed by atoms with E-state index in [0.717, 1.165) is 0 Å². The van der Waals surface area contributed by atoms with Crippen LogP contribution in [0.1, 0.15) is 0 Å². The first kappa shape index (κ1) is 9.08. The van der Waals surface area contributed by atoms with Crippen molar-refractivity contribution < 1.29 is 14.3 Å². The quantitative estimate of drug-likeness (QED) is 0.710. The monoisotopic (exact) mass is 196 g/mol. The van der Waals surface area contributed by atoms with Crippen LogP contribution in [0.2, 0.25) is 0 Å². The van der Waals surface area contributed by atoms with Crippen molar-refractivity contribution in [1.82, 2.24) is 4.68 Å². The predicted octanol–water partition coefficient (Wildman–Crippen LogP) is 0.591. The Morgan fingerprint density at radius 3 is 2.93 bits per heavy atom.